The van der Waals surface area contributed by atoms with E-state index in [1.165, 1.54) is 6.21 Å². The van der Waals surface area contributed by atoms with Gasteiger partial charge in [-0.15, -0.1) is 0 Å². The van der Waals surface area contributed by atoms with Gasteiger partial charge in [0.1, 0.15) is 17.2 Å². The van der Waals surface area contributed by atoms with E-state index in [2.05, 4.69) is 15.3 Å². The molecule has 1 aromatic heterocycles. The molecule has 2 rings (SSSR count). The van der Waals surface area contributed by atoms with E-state index in [0.29, 0.717) is 30.3 Å². The van der Waals surface area contributed by atoms with Gasteiger partial charge < -0.3 is 14.6 Å². The van der Waals surface area contributed by atoms with Crippen LogP contribution in [-0.4, -0.2) is 45.4 Å². The number of aryl methyl sites for hydroxylation is 1. The minimum absolute atomic E-state index is 0.000721. The van der Waals surface area contributed by atoms with E-state index in [4.69, 9.17) is 26.8 Å². The van der Waals surface area contributed by atoms with Crippen molar-refractivity contribution in [3.05, 3.63) is 44.6 Å². The van der Waals surface area contributed by atoms with Crippen LogP contribution in [-0.2, 0) is 11.2 Å². The molecular weight excluding hydrogens is 372 g/mol. The molecule has 0 aliphatic heterocycles. The SMILES string of the molecule is CCOc1ccc(/C=N\n2c(=S)[nH]nc(CCC(=O)O)c2=O)c(OCC)c1. The van der Waals surface area contributed by atoms with Crippen molar-refractivity contribution >= 4 is 24.4 Å². The maximum atomic E-state index is 12.4. The molecule has 0 saturated heterocycles. The molecule has 0 amide bonds. The number of aliphatic carboxylic acids is 1. The Bertz CT molecular complexity index is 951. The molecule has 10 heteroatoms. The summed E-state index contributed by atoms with van der Waals surface area (Å²) in [5.41, 5.74) is 0.102. The maximum absolute atomic E-state index is 12.4. The second kappa shape index (κ2) is 9.62. The highest BCUT2D eigenvalue weighted by Crippen LogP contribution is 2.24. The first-order valence-electron chi connectivity index (χ1n) is 8.32. The van der Waals surface area contributed by atoms with Gasteiger partial charge in [-0.2, -0.15) is 14.9 Å². The highest BCUT2D eigenvalue weighted by atomic mass is 32.1. The fourth-order valence-corrected chi connectivity index (χ4v) is 2.37. The average Bonchev–Trinajstić information content (AvgIpc) is 2.62. The Labute approximate surface area is 160 Å². The molecule has 9 nitrogen and oxygen atoms in total. The smallest absolute Gasteiger partial charge is 0.303 e. The van der Waals surface area contributed by atoms with Gasteiger partial charge in [-0.1, -0.05) is 0 Å². The number of H-pyrrole nitrogens is 1. The van der Waals surface area contributed by atoms with E-state index >= 15 is 0 Å². The first kappa shape index (κ1) is 20.3. The summed E-state index contributed by atoms with van der Waals surface area (Å²) in [7, 11) is 0. The molecule has 144 valence electrons. The lowest BCUT2D eigenvalue weighted by atomic mass is 10.2. The van der Waals surface area contributed by atoms with Crippen molar-refractivity contribution in [1.29, 1.82) is 0 Å². The van der Waals surface area contributed by atoms with E-state index in [-0.39, 0.29) is 23.3 Å². The van der Waals surface area contributed by atoms with Crippen LogP contribution in [0.25, 0.3) is 0 Å². The lowest BCUT2D eigenvalue weighted by molar-refractivity contribution is -0.136. The van der Waals surface area contributed by atoms with Crippen molar-refractivity contribution in [2.75, 3.05) is 13.2 Å². The molecule has 0 aliphatic rings. The second-order valence-electron chi connectivity index (χ2n) is 5.30. The fraction of sp³-hybridized carbons (Fsp3) is 0.353. The highest BCUT2D eigenvalue weighted by Gasteiger charge is 2.10. The number of carboxylic acids is 1. The Morgan fingerprint density at radius 1 is 1.37 bits per heavy atom. The molecule has 0 spiro atoms. The number of nitrogens with zero attached hydrogens (tertiary/aromatic N) is 3. The number of carbonyl (C=O) groups is 1. The lowest BCUT2D eigenvalue weighted by Crippen LogP contribution is -2.25. The van der Waals surface area contributed by atoms with Gasteiger partial charge in [-0.3, -0.25) is 14.7 Å². The third-order valence-corrected chi connectivity index (χ3v) is 3.67. The summed E-state index contributed by atoms with van der Waals surface area (Å²) in [6.45, 7) is 4.71. The van der Waals surface area contributed by atoms with E-state index in [1.54, 1.807) is 18.2 Å². The number of aromatic amines is 1. The quantitative estimate of drug-likeness (QED) is 0.495. The Morgan fingerprint density at radius 3 is 2.78 bits per heavy atom. The van der Waals surface area contributed by atoms with E-state index in [9.17, 15) is 9.59 Å². The summed E-state index contributed by atoms with van der Waals surface area (Å²) in [5, 5.41) is 19.2. The van der Waals surface area contributed by atoms with Gasteiger partial charge in [-0.05, 0) is 38.2 Å². The molecule has 1 aromatic carbocycles. The van der Waals surface area contributed by atoms with E-state index in [1.807, 2.05) is 13.8 Å². The summed E-state index contributed by atoms with van der Waals surface area (Å²) >= 11 is 5.05. The van der Waals surface area contributed by atoms with Gasteiger partial charge in [0.05, 0.1) is 25.8 Å². The normalized spacial score (nSPS) is 10.9. The van der Waals surface area contributed by atoms with E-state index in [0.717, 1.165) is 4.68 Å². The number of ether oxygens (including phenoxy) is 2. The number of aromatic nitrogens is 3. The standard InChI is InChI=1S/C17H20N4O5S/c1-3-25-12-6-5-11(14(9-12)26-4-2)10-18-21-16(24)13(7-8-15(22)23)19-20-17(21)27/h5-6,9-10H,3-4,7-8H2,1-2H3,(H,20,27)(H,22,23)/b18-10-. The maximum Gasteiger partial charge on any atom is 0.303 e. The minimum atomic E-state index is -1.02. The Balaban J connectivity index is 2.37. The monoisotopic (exact) mass is 392 g/mol. The van der Waals surface area contributed by atoms with Crippen molar-refractivity contribution in [2.45, 2.75) is 26.7 Å². The van der Waals surface area contributed by atoms with Crippen molar-refractivity contribution in [3.63, 3.8) is 0 Å². The predicted molar refractivity (Wildman–Crippen MR) is 101 cm³/mol. The number of nitrogens with one attached hydrogen (secondary N) is 1. The topological polar surface area (TPSA) is 119 Å². The van der Waals surface area contributed by atoms with Crippen LogP contribution >= 0.6 is 12.2 Å². The molecule has 0 atom stereocenters. The molecule has 0 unspecified atom stereocenters. The first-order valence-corrected chi connectivity index (χ1v) is 8.73. The zero-order chi connectivity index (χ0) is 19.8. The molecule has 0 saturated carbocycles. The van der Waals surface area contributed by atoms with Crippen LogP contribution in [0.3, 0.4) is 0 Å². The van der Waals surface area contributed by atoms with Crippen LogP contribution in [0.5, 0.6) is 11.5 Å². The predicted octanol–water partition coefficient (Wildman–Crippen LogP) is 2.00. The van der Waals surface area contributed by atoms with Gasteiger partial charge in [-0.25, -0.2) is 0 Å². The third-order valence-electron chi connectivity index (χ3n) is 3.40. The number of hydrogen-bond acceptors (Lipinski definition) is 7. The molecule has 0 fully saturated rings. The van der Waals surface area contributed by atoms with Gasteiger partial charge in [0, 0.05) is 18.1 Å². The van der Waals surface area contributed by atoms with Crippen LogP contribution in [0, 0.1) is 4.77 Å². The van der Waals surface area contributed by atoms with Gasteiger partial charge >= 0.3 is 5.97 Å². The minimum Gasteiger partial charge on any atom is -0.494 e. The molecule has 2 aromatic rings. The van der Waals surface area contributed by atoms with Crippen LogP contribution in [0.2, 0.25) is 0 Å². The molecule has 27 heavy (non-hydrogen) atoms. The largest absolute Gasteiger partial charge is 0.494 e. The van der Waals surface area contributed by atoms with Crippen LogP contribution in [0.4, 0.5) is 0 Å². The zero-order valence-corrected chi connectivity index (χ0v) is 15.8. The van der Waals surface area contributed by atoms with Crippen molar-refractivity contribution < 1.29 is 19.4 Å². The van der Waals surface area contributed by atoms with Gasteiger partial charge in [0.2, 0.25) is 4.77 Å². The van der Waals surface area contributed by atoms with Crippen LogP contribution < -0.4 is 15.0 Å². The van der Waals surface area contributed by atoms with Crippen LogP contribution in [0.15, 0.2) is 28.1 Å². The lowest BCUT2D eigenvalue weighted by Gasteiger charge is -2.10. The number of carboxylic acid groups (broad SMARTS) is 1. The Morgan fingerprint density at radius 2 is 2.11 bits per heavy atom. The first-order chi connectivity index (χ1) is 13.0. The third kappa shape index (κ3) is 5.48. The Kier molecular flexibility index (Phi) is 7.24. The summed E-state index contributed by atoms with van der Waals surface area (Å²) in [4.78, 5) is 23.1. The molecular formula is C17H20N4O5S. The summed E-state index contributed by atoms with van der Waals surface area (Å²) < 4.78 is 12.0. The molecule has 1 heterocycles. The molecule has 0 radical (unpaired) electrons. The highest BCUT2D eigenvalue weighted by molar-refractivity contribution is 7.71. The number of benzene rings is 1. The summed E-state index contributed by atoms with van der Waals surface area (Å²) in [6.07, 6.45) is 1.19. The van der Waals surface area contributed by atoms with E-state index < -0.39 is 11.5 Å². The van der Waals surface area contributed by atoms with Crippen LogP contribution in [0.1, 0.15) is 31.5 Å². The number of hydrogen-bond donors (Lipinski definition) is 2. The summed E-state index contributed by atoms with van der Waals surface area (Å²) in [6, 6.07) is 5.26. The van der Waals surface area contributed by atoms with Crippen molar-refractivity contribution in [3.8, 4) is 11.5 Å². The molecule has 0 bridgehead atoms. The van der Waals surface area contributed by atoms with Gasteiger partial charge in [0.15, 0.2) is 0 Å². The van der Waals surface area contributed by atoms with Gasteiger partial charge in [0.25, 0.3) is 5.56 Å². The fourth-order valence-electron chi connectivity index (χ4n) is 2.20. The zero-order valence-electron chi connectivity index (χ0n) is 15.0. The summed E-state index contributed by atoms with van der Waals surface area (Å²) in [5.74, 6) is 0.187. The van der Waals surface area contributed by atoms with Crippen molar-refractivity contribution in [1.82, 2.24) is 14.9 Å². The number of rotatable bonds is 9. The second-order valence-corrected chi connectivity index (χ2v) is 5.68. The molecule has 2 N–H and O–H groups in total. The average molecular weight is 392 g/mol. The molecule has 0 aliphatic carbocycles. The van der Waals surface area contributed by atoms with Crippen molar-refractivity contribution in [2.24, 2.45) is 5.10 Å². The Hall–Kier alpha value is -3.01.